The molecule has 0 aliphatic carbocycles. The van der Waals surface area contributed by atoms with Gasteiger partial charge in [-0.15, -0.1) is 0 Å². The maximum atomic E-state index is 12.1. The summed E-state index contributed by atoms with van der Waals surface area (Å²) in [6.07, 6.45) is -1.42. The van der Waals surface area contributed by atoms with Crippen LogP contribution in [0.15, 0.2) is 170 Å². The van der Waals surface area contributed by atoms with Gasteiger partial charge >= 0.3 is 0 Å². The van der Waals surface area contributed by atoms with Crippen molar-refractivity contribution in [2.75, 3.05) is 6.61 Å². The number of aliphatic hydroxyl groups is 2. The molecule has 8 aromatic rings. The van der Waals surface area contributed by atoms with Crippen LogP contribution in [-0.4, -0.2) is 29.2 Å². The zero-order chi connectivity index (χ0) is 34.1. The molecule has 4 heteroatoms. The van der Waals surface area contributed by atoms with E-state index in [0.29, 0.717) is 6.61 Å². The van der Waals surface area contributed by atoms with E-state index in [-0.39, 0.29) is 6.29 Å². The third-order valence-electron chi connectivity index (χ3n) is 9.86. The first kappa shape index (κ1) is 31.9. The fourth-order valence-electron chi connectivity index (χ4n) is 7.09. The second kappa shape index (κ2) is 13.5. The van der Waals surface area contributed by atoms with Crippen molar-refractivity contribution < 1.29 is 19.7 Å². The van der Waals surface area contributed by atoms with Crippen LogP contribution < -0.4 is 0 Å². The van der Waals surface area contributed by atoms with Crippen molar-refractivity contribution in [3.63, 3.8) is 0 Å². The van der Waals surface area contributed by atoms with E-state index in [2.05, 4.69) is 97.1 Å². The van der Waals surface area contributed by atoms with Crippen LogP contribution in [0.25, 0.3) is 43.1 Å². The molecule has 0 bridgehead atoms. The Morgan fingerprint density at radius 1 is 0.500 bits per heavy atom. The van der Waals surface area contributed by atoms with E-state index in [1.54, 1.807) is 0 Å². The predicted molar refractivity (Wildman–Crippen MR) is 203 cm³/mol. The monoisotopic (exact) mass is 654 g/mol. The third kappa shape index (κ3) is 6.15. The second-order valence-electron chi connectivity index (χ2n) is 13.0. The average molecular weight is 655 g/mol. The Kier molecular flexibility index (Phi) is 8.61. The minimum Gasteiger partial charge on any atom is -0.384 e. The molecule has 1 heterocycles. The molecule has 0 aromatic heterocycles. The lowest BCUT2D eigenvalue weighted by molar-refractivity contribution is -0.0976. The first-order valence-electron chi connectivity index (χ1n) is 17.1. The summed E-state index contributed by atoms with van der Waals surface area (Å²) in [5.41, 5.74) is 2.16. The summed E-state index contributed by atoms with van der Waals surface area (Å²) in [5, 5.41) is 31.9. The van der Waals surface area contributed by atoms with Crippen LogP contribution in [0.4, 0.5) is 0 Å². The van der Waals surface area contributed by atoms with Gasteiger partial charge in [0, 0.05) is 0 Å². The second-order valence-corrected chi connectivity index (χ2v) is 13.0. The minimum absolute atomic E-state index is 0.336. The van der Waals surface area contributed by atoms with Crippen LogP contribution >= 0.6 is 0 Å². The van der Waals surface area contributed by atoms with Crippen molar-refractivity contribution in [1.82, 2.24) is 0 Å². The van der Waals surface area contributed by atoms with Crippen molar-refractivity contribution in [3.05, 3.63) is 192 Å². The van der Waals surface area contributed by atoms with E-state index in [0.717, 1.165) is 54.6 Å². The lowest BCUT2D eigenvalue weighted by atomic mass is 9.80. The molecule has 2 N–H and O–H groups in total. The molecule has 0 radical (unpaired) electrons. The van der Waals surface area contributed by atoms with Crippen LogP contribution in [0, 0.1) is 0 Å². The largest absolute Gasteiger partial charge is 0.384 e. The topological polar surface area (TPSA) is 58.9 Å². The Labute approximate surface area is 291 Å². The smallest absolute Gasteiger partial charge is 0.155 e. The average Bonchev–Trinajstić information content (AvgIpc) is 3.63. The highest BCUT2D eigenvalue weighted by atomic mass is 16.7. The molecule has 246 valence electrons. The number of ether oxygens (including phenoxy) is 2. The van der Waals surface area contributed by atoms with E-state index in [1.807, 2.05) is 79.7 Å². The molecular weight excluding hydrogens is 617 g/mol. The van der Waals surface area contributed by atoms with Gasteiger partial charge in [0.2, 0.25) is 0 Å². The Balaban J connectivity index is 0.000000149. The number of fused-ring (bicyclic) bond motifs is 4. The predicted octanol–water partition coefficient (Wildman–Crippen LogP) is 10.1. The van der Waals surface area contributed by atoms with Crippen LogP contribution in [0.1, 0.15) is 35.3 Å². The molecule has 1 aliphatic heterocycles. The number of hydrogen-bond donors (Lipinski definition) is 2. The first-order chi connectivity index (χ1) is 24.5. The van der Waals surface area contributed by atoms with Gasteiger partial charge in [-0.2, -0.15) is 0 Å². The number of rotatable bonds is 5. The molecule has 8 aromatic carbocycles. The molecule has 1 fully saturated rings. The number of hydrogen-bond acceptors (Lipinski definition) is 4. The Bertz CT molecular complexity index is 2290. The maximum absolute atomic E-state index is 12.1. The molecule has 0 saturated carbocycles. The lowest BCUT2D eigenvalue weighted by Crippen LogP contribution is -2.42. The van der Waals surface area contributed by atoms with Crippen molar-refractivity contribution in [2.45, 2.75) is 31.0 Å². The fraction of sp³-hybridized carbons (Fsp3) is 0.130. The van der Waals surface area contributed by atoms with Crippen LogP contribution in [0.3, 0.4) is 0 Å². The number of benzene rings is 8. The summed E-state index contributed by atoms with van der Waals surface area (Å²) >= 11 is 0. The van der Waals surface area contributed by atoms with Gasteiger partial charge in [-0.1, -0.05) is 146 Å². The van der Waals surface area contributed by atoms with Crippen LogP contribution in [-0.2, 0) is 15.1 Å². The molecule has 4 nitrogen and oxygen atoms in total. The minimum atomic E-state index is -1.31. The Hall–Kier alpha value is -5.36. The highest BCUT2D eigenvalue weighted by molar-refractivity contribution is 5.86. The standard InChI is InChI=1S/C25H22O3.C21H16O/c1-17-27-16-24(28-17)25(26,22-12-10-18-6-2-4-8-20(18)14-22)23-13-11-19-7-3-5-9-21(19)15-23;22-21(19-11-9-15-5-1-3-7-17(15)13-19)20-12-10-16-6-2-4-8-18(16)14-20/h2-15,17,24,26H,16H2,1H3;1-14,21-22H. The molecule has 50 heavy (non-hydrogen) atoms. The van der Waals surface area contributed by atoms with E-state index >= 15 is 0 Å². The van der Waals surface area contributed by atoms with Crippen molar-refractivity contribution in [2.24, 2.45) is 0 Å². The normalized spacial score (nSPS) is 16.2. The molecular formula is C46H38O4. The van der Waals surface area contributed by atoms with E-state index < -0.39 is 17.8 Å². The summed E-state index contributed by atoms with van der Waals surface area (Å²) < 4.78 is 11.6. The molecule has 9 rings (SSSR count). The first-order valence-corrected chi connectivity index (χ1v) is 17.1. The van der Waals surface area contributed by atoms with Gasteiger partial charge in [-0.25, -0.2) is 0 Å². The van der Waals surface area contributed by atoms with Gasteiger partial charge in [-0.3, -0.25) is 0 Å². The van der Waals surface area contributed by atoms with Crippen molar-refractivity contribution in [3.8, 4) is 0 Å². The summed E-state index contributed by atoms with van der Waals surface area (Å²) in [6, 6.07) is 57.2. The highest BCUT2D eigenvalue weighted by Crippen LogP contribution is 2.40. The van der Waals surface area contributed by atoms with Crippen LogP contribution in [0.2, 0.25) is 0 Å². The van der Waals surface area contributed by atoms with Crippen molar-refractivity contribution >= 4 is 43.1 Å². The van der Waals surface area contributed by atoms with Gasteiger partial charge in [0.15, 0.2) is 6.29 Å². The van der Waals surface area contributed by atoms with E-state index in [9.17, 15) is 10.2 Å². The molecule has 1 aliphatic rings. The SMILES string of the molecule is CC1OCC(C(O)(c2ccc3ccccc3c2)c2ccc3ccccc3c2)O1.OC(c1ccc2ccccc2c1)c1ccc2ccccc2c1. The van der Waals surface area contributed by atoms with E-state index in [4.69, 9.17) is 9.47 Å². The summed E-state index contributed by atoms with van der Waals surface area (Å²) in [6.45, 7) is 2.21. The van der Waals surface area contributed by atoms with Crippen LogP contribution in [0.5, 0.6) is 0 Å². The summed E-state index contributed by atoms with van der Waals surface area (Å²) in [5.74, 6) is 0. The summed E-state index contributed by atoms with van der Waals surface area (Å²) in [4.78, 5) is 0. The van der Waals surface area contributed by atoms with E-state index in [1.165, 1.54) is 10.8 Å². The Morgan fingerprint density at radius 3 is 1.24 bits per heavy atom. The van der Waals surface area contributed by atoms with Crippen molar-refractivity contribution in [1.29, 1.82) is 0 Å². The van der Waals surface area contributed by atoms with Gasteiger partial charge in [0.1, 0.15) is 17.8 Å². The molecule has 2 atom stereocenters. The zero-order valence-electron chi connectivity index (χ0n) is 27.8. The molecule has 2 unspecified atom stereocenters. The Morgan fingerprint density at radius 2 is 0.860 bits per heavy atom. The third-order valence-corrected chi connectivity index (χ3v) is 9.86. The van der Waals surface area contributed by atoms with Gasteiger partial charge in [-0.05, 0) is 96.5 Å². The lowest BCUT2D eigenvalue weighted by Gasteiger charge is -2.34. The molecule has 0 spiro atoms. The molecule has 0 amide bonds. The van der Waals surface area contributed by atoms with Gasteiger partial charge in [0.25, 0.3) is 0 Å². The zero-order valence-corrected chi connectivity index (χ0v) is 27.8. The fourth-order valence-corrected chi connectivity index (χ4v) is 7.09. The molecule has 1 saturated heterocycles. The van der Waals surface area contributed by atoms with Gasteiger partial charge in [0.05, 0.1) is 6.61 Å². The highest BCUT2D eigenvalue weighted by Gasteiger charge is 2.45. The maximum Gasteiger partial charge on any atom is 0.155 e. The quantitative estimate of drug-likeness (QED) is 0.194. The summed E-state index contributed by atoms with van der Waals surface area (Å²) in [7, 11) is 0. The van der Waals surface area contributed by atoms with Gasteiger partial charge < -0.3 is 19.7 Å². The number of aliphatic hydroxyl groups excluding tert-OH is 1.